The number of benzene rings is 2. The monoisotopic (exact) mass is 338 g/mol. The van der Waals surface area contributed by atoms with Gasteiger partial charge in [0.25, 0.3) is 5.91 Å². The SMILES string of the molecule is Cc1ccc(C(=O)NCC2(c3c[nH]c4cc(Cl)ccc34)CC2)cc1. The zero-order chi connectivity index (χ0) is 16.7. The molecule has 0 saturated heterocycles. The molecule has 1 amide bonds. The lowest BCUT2D eigenvalue weighted by Gasteiger charge is -2.16. The third kappa shape index (κ3) is 2.69. The van der Waals surface area contributed by atoms with E-state index in [0.717, 1.165) is 28.9 Å². The maximum absolute atomic E-state index is 12.4. The summed E-state index contributed by atoms with van der Waals surface area (Å²) in [5.74, 6) is -0.0100. The molecule has 2 aromatic carbocycles. The summed E-state index contributed by atoms with van der Waals surface area (Å²) in [6.07, 6.45) is 4.25. The minimum absolute atomic E-state index is 0.0100. The van der Waals surface area contributed by atoms with E-state index in [1.165, 1.54) is 10.9 Å². The highest BCUT2D eigenvalue weighted by Gasteiger charge is 2.45. The number of carbonyl (C=O) groups is 1. The van der Waals surface area contributed by atoms with E-state index in [9.17, 15) is 4.79 Å². The fourth-order valence-corrected chi connectivity index (χ4v) is 3.46. The second-order valence-electron chi connectivity index (χ2n) is 6.72. The highest BCUT2D eigenvalue weighted by atomic mass is 35.5. The van der Waals surface area contributed by atoms with Gasteiger partial charge in [0.1, 0.15) is 0 Å². The summed E-state index contributed by atoms with van der Waals surface area (Å²) in [4.78, 5) is 15.7. The van der Waals surface area contributed by atoms with Crippen LogP contribution in [0.3, 0.4) is 0 Å². The van der Waals surface area contributed by atoms with Gasteiger partial charge < -0.3 is 10.3 Å². The van der Waals surface area contributed by atoms with Crippen LogP contribution in [0, 0.1) is 6.92 Å². The summed E-state index contributed by atoms with van der Waals surface area (Å²) in [5.41, 5.74) is 4.24. The summed E-state index contributed by atoms with van der Waals surface area (Å²) in [7, 11) is 0. The first-order valence-corrected chi connectivity index (χ1v) is 8.57. The van der Waals surface area contributed by atoms with E-state index in [4.69, 9.17) is 11.6 Å². The van der Waals surface area contributed by atoms with Gasteiger partial charge >= 0.3 is 0 Å². The number of fused-ring (bicyclic) bond motifs is 1. The second-order valence-corrected chi connectivity index (χ2v) is 7.16. The Morgan fingerprint density at radius 1 is 1.21 bits per heavy atom. The number of halogens is 1. The van der Waals surface area contributed by atoms with Crippen LogP contribution in [0.2, 0.25) is 5.02 Å². The third-order valence-electron chi connectivity index (χ3n) is 4.97. The van der Waals surface area contributed by atoms with E-state index in [0.29, 0.717) is 12.1 Å². The predicted molar refractivity (Wildman–Crippen MR) is 97.7 cm³/mol. The van der Waals surface area contributed by atoms with Gasteiger partial charge in [-0.25, -0.2) is 0 Å². The van der Waals surface area contributed by atoms with Crippen molar-refractivity contribution in [2.45, 2.75) is 25.2 Å². The molecular weight excluding hydrogens is 320 g/mol. The van der Waals surface area contributed by atoms with Crippen molar-refractivity contribution in [1.29, 1.82) is 0 Å². The highest BCUT2D eigenvalue weighted by molar-refractivity contribution is 6.31. The maximum atomic E-state index is 12.4. The standard InChI is InChI=1S/C20H19ClN2O/c1-13-2-4-14(5-3-13)19(24)23-12-20(8-9-20)17-11-22-18-10-15(21)6-7-16(17)18/h2-7,10-11,22H,8-9,12H2,1H3,(H,23,24). The molecular formula is C20H19ClN2O. The Balaban J connectivity index is 1.53. The summed E-state index contributed by atoms with van der Waals surface area (Å²) in [5, 5.41) is 5.03. The molecule has 0 bridgehead atoms. The van der Waals surface area contributed by atoms with Crippen molar-refractivity contribution in [3.05, 3.63) is 70.4 Å². The van der Waals surface area contributed by atoms with E-state index < -0.39 is 0 Å². The highest BCUT2D eigenvalue weighted by Crippen LogP contribution is 2.50. The van der Waals surface area contributed by atoms with Gasteiger partial charge in [-0.2, -0.15) is 0 Å². The molecule has 1 saturated carbocycles. The molecule has 0 radical (unpaired) electrons. The van der Waals surface area contributed by atoms with Gasteiger partial charge in [0.15, 0.2) is 0 Å². The first kappa shape index (κ1) is 15.3. The number of nitrogens with one attached hydrogen (secondary N) is 2. The fraction of sp³-hybridized carbons (Fsp3) is 0.250. The normalized spacial score (nSPS) is 15.4. The van der Waals surface area contributed by atoms with Crippen LogP contribution in [0.25, 0.3) is 10.9 Å². The smallest absolute Gasteiger partial charge is 0.251 e. The van der Waals surface area contributed by atoms with E-state index in [1.807, 2.05) is 43.3 Å². The molecule has 4 heteroatoms. The first-order chi connectivity index (χ1) is 11.6. The lowest BCUT2D eigenvalue weighted by molar-refractivity contribution is 0.0949. The largest absolute Gasteiger partial charge is 0.361 e. The van der Waals surface area contributed by atoms with Crippen molar-refractivity contribution in [2.75, 3.05) is 6.54 Å². The van der Waals surface area contributed by atoms with Crippen molar-refractivity contribution in [3.8, 4) is 0 Å². The Bertz CT molecular complexity index is 907. The number of amides is 1. The molecule has 2 N–H and O–H groups in total. The number of rotatable bonds is 4. The van der Waals surface area contributed by atoms with E-state index in [2.05, 4.69) is 22.6 Å². The van der Waals surface area contributed by atoms with Gasteiger partial charge in [-0.1, -0.05) is 35.4 Å². The topological polar surface area (TPSA) is 44.9 Å². The number of aromatic nitrogens is 1. The van der Waals surface area contributed by atoms with Crippen LogP contribution in [0.4, 0.5) is 0 Å². The van der Waals surface area contributed by atoms with Crippen LogP contribution in [0.5, 0.6) is 0 Å². The molecule has 1 aliphatic rings. The quantitative estimate of drug-likeness (QED) is 0.718. The molecule has 1 aliphatic carbocycles. The Morgan fingerprint density at radius 2 is 1.96 bits per heavy atom. The minimum Gasteiger partial charge on any atom is -0.361 e. The lowest BCUT2D eigenvalue weighted by Crippen LogP contribution is -2.32. The average molecular weight is 339 g/mol. The van der Waals surface area contributed by atoms with E-state index in [-0.39, 0.29) is 11.3 Å². The molecule has 0 atom stereocenters. The van der Waals surface area contributed by atoms with Gasteiger partial charge in [-0.05, 0) is 49.6 Å². The van der Waals surface area contributed by atoms with E-state index >= 15 is 0 Å². The Labute approximate surface area is 146 Å². The molecule has 1 heterocycles. The average Bonchev–Trinajstić information content (AvgIpc) is 3.25. The number of aromatic amines is 1. The Kier molecular flexibility index (Phi) is 3.61. The number of aryl methyl sites for hydroxylation is 1. The van der Waals surface area contributed by atoms with Gasteiger partial charge in [0.2, 0.25) is 0 Å². The molecule has 122 valence electrons. The molecule has 4 rings (SSSR count). The molecule has 0 spiro atoms. The molecule has 3 nitrogen and oxygen atoms in total. The van der Waals surface area contributed by atoms with Crippen molar-refractivity contribution in [2.24, 2.45) is 0 Å². The number of H-pyrrole nitrogens is 1. The third-order valence-corrected chi connectivity index (χ3v) is 5.20. The molecule has 3 aromatic rings. The van der Waals surface area contributed by atoms with Gasteiger partial charge in [0, 0.05) is 39.6 Å². The van der Waals surface area contributed by atoms with Crippen molar-refractivity contribution in [1.82, 2.24) is 10.3 Å². The van der Waals surface area contributed by atoms with Crippen LogP contribution in [0.1, 0.15) is 34.3 Å². The summed E-state index contributed by atoms with van der Waals surface area (Å²) in [6.45, 7) is 2.68. The number of carbonyl (C=O) groups excluding carboxylic acids is 1. The zero-order valence-electron chi connectivity index (χ0n) is 13.5. The molecule has 24 heavy (non-hydrogen) atoms. The predicted octanol–water partition coefficient (Wildman–Crippen LogP) is 4.59. The zero-order valence-corrected chi connectivity index (χ0v) is 14.3. The first-order valence-electron chi connectivity index (χ1n) is 8.19. The van der Waals surface area contributed by atoms with Gasteiger partial charge in [-0.15, -0.1) is 0 Å². The molecule has 1 fully saturated rings. The maximum Gasteiger partial charge on any atom is 0.251 e. The van der Waals surface area contributed by atoms with Gasteiger partial charge in [0.05, 0.1) is 0 Å². The van der Waals surface area contributed by atoms with Crippen LogP contribution in [0.15, 0.2) is 48.7 Å². The van der Waals surface area contributed by atoms with E-state index in [1.54, 1.807) is 0 Å². The van der Waals surface area contributed by atoms with Crippen molar-refractivity contribution < 1.29 is 4.79 Å². The van der Waals surface area contributed by atoms with Crippen LogP contribution >= 0.6 is 11.6 Å². The molecule has 0 unspecified atom stereocenters. The van der Waals surface area contributed by atoms with Crippen LogP contribution in [-0.4, -0.2) is 17.4 Å². The fourth-order valence-electron chi connectivity index (χ4n) is 3.29. The summed E-state index contributed by atoms with van der Waals surface area (Å²) >= 11 is 6.06. The van der Waals surface area contributed by atoms with Crippen LogP contribution in [-0.2, 0) is 5.41 Å². The Morgan fingerprint density at radius 3 is 2.67 bits per heavy atom. The summed E-state index contributed by atoms with van der Waals surface area (Å²) in [6, 6.07) is 13.6. The number of hydrogen-bond donors (Lipinski definition) is 2. The molecule has 0 aliphatic heterocycles. The summed E-state index contributed by atoms with van der Waals surface area (Å²) < 4.78 is 0. The minimum atomic E-state index is -0.0100. The van der Waals surface area contributed by atoms with Crippen LogP contribution < -0.4 is 5.32 Å². The number of hydrogen-bond acceptors (Lipinski definition) is 1. The molecule has 1 aromatic heterocycles. The second kappa shape index (κ2) is 5.67. The lowest BCUT2D eigenvalue weighted by atomic mass is 9.95. The van der Waals surface area contributed by atoms with Crippen molar-refractivity contribution >= 4 is 28.4 Å². The van der Waals surface area contributed by atoms with Crippen molar-refractivity contribution in [3.63, 3.8) is 0 Å². The Hall–Kier alpha value is -2.26. The van der Waals surface area contributed by atoms with Gasteiger partial charge in [-0.3, -0.25) is 4.79 Å².